The minimum absolute atomic E-state index is 0.423. The highest BCUT2D eigenvalue weighted by Gasteiger charge is 2.14. The van der Waals surface area contributed by atoms with Gasteiger partial charge in [0.25, 0.3) is 0 Å². The molecule has 104 valence electrons. The maximum atomic E-state index is 11.5. The van der Waals surface area contributed by atoms with Gasteiger partial charge in [0, 0.05) is 28.9 Å². The molecule has 0 saturated heterocycles. The molecule has 0 atom stereocenters. The zero-order valence-electron chi connectivity index (χ0n) is 11.9. The SMILES string of the molecule is Cc1ccc(C(N)=O)c(C)c1-c1cc2ncccc2cn1. The number of carbonyl (C=O) groups is 1. The van der Waals surface area contributed by atoms with E-state index in [4.69, 9.17) is 5.73 Å². The predicted molar refractivity (Wildman–Crippen MR) is 83.0 cm³/mol. The number of nitrogens with two attached hydrogens (primary N) is 1. The van der Waals surface area contributed by atoms with Crippen LogP contribution in [0.25, 0.3) is 22.2 Å². The van der Waals surface area contributed by atoms with Crippen LogP contribution in [-0.2, 0) is 0 Å². The third kappa shape index (κ3) is 2.25. The van der Waals surface area contributed by atoms with E-state index in [-0.39, 0.29) is 0 Å². The molecule has 4 nitrogen and oxygen atoms in total. The van der Waals surface area contributed by atoms with Crippen molar-refractivity contribution in [2.24, 2.45) is 5.73 Å². The fraction of sp³-hybridized carbons (Fsp3) is 0.118. The number of benzene rings is 1. The highest BCUT2D eigenvalue weighted by molar-refractivity contribution is 5.97. The Kier molecular flexibility index (Phi) is 3.14. The van der Waals surface area contributed by atoms with Gasteiger partial charge >= 0.3 is 0 Å². The Morgan fingerprint density at radius 2 is 1.95 bits per heavy atom. The predicted octanol–water partition coefficient (Wildman–Crippen LogP) is 3.01. The molecule has 0 saturated carbocycles. The first-order valence-electron chi connectivity index (χ1n) is 6.69. The summed E-state index contributed by atoms with van der Waals surface area (Å²) in [6.45, 7) is 3.89. The molecule has 0 unspecified atom stereocenters. The van der Waals surface area contributed by atoms with E-state index >= 15 is 0 Å². The second-order valence-electron chi connectivity index (χ2n) is 5.06. The van der Waals surface area contributed by atoms with Crippen LogP contribution < -0.4 is 5.73 Å². The normalized spacial score (nSPS) is 10.8. The zero-order chi connectivity index (χ0) is 15.0. The van der Waals surface area contributed by atoms with Crippen molar-refractivity contribution in [2.45, 2.75) is 13.8 Å². The van der Waals surface area contributed by atoms with Gasteiger partial charge in [0.1, 0.15) is 0 Å². The van der Waals surface area contributed by atoms with Gasteiger partial charge in [0.05, 0.1) is 11.2 Å². The van der Waals surface area contributed by atoms with Crippen LogP contribution in [0.2, 0.25) is 0 Å². The van der Waals surface area contributed by atoms with Crippen LogP contribution in [0.4, 0.5) is 0 Å². The summed E-state index contributed by atoms with van der Waals surface area (Å²) in [6, 6.07) is 9.45. The number of aryl methyl sites for hydroxylation is 1. The second kappa shape index (κ2) is 4.98. The number of amides is 1. The van der Waals surface area contributed by atoms with Gasteiger partial charge in [-0.2, -0.15) is 0 Å². The second-order valence-corrected chi connectivity index (χ2v) is 5.06. The molecule has 4 heteroatoms. The van der Waals surface area contributed by atoms with E-state index < -0.39 is 5.91 Å². The topological polar surface area (TPSA) is 68.9 Å². The molecule has 2 N–H and O–H groups in total. The molecule has 2 aromatic heterocycles. The van der Waals surface area contributed by atoms with E-state index in [0.29, 0.717) is 5.56 Å². The molecular weight excluding hydrogens is 262 g/mol. The number of hydrogen-bond acceptors (Lipinski definition) is 3. The Labute approximate surface area is 122 Å². The van der Waals surface area contributed by atoms with E-state index in [1.807, 2.05) is 38.1 Å². The average molecular weight is 277 g/mol. The monoisotopic (exact) mass is 277 g/mol. The third-order valence-corrected chi connectivity index (χ3v) is 3.68. The van der Waals surface area contributed by atoms with Crippen molar-refractivity contribution < 1.29 is 4.79 Å². The van der Waals surface area contributed by atoms with Crippen molar-refractivity contribution >= 4 is 16.8 Å². The molecule has 0 fully saturated rings. The van der Waals surface area contributed by atoms with Crippen LogP contribution in [0, 0.1) is 13.8 Å². The van der Waals surface area contributed by atoms with Gasteiger partial charge in [-0.3, -0.25) is 14.8 Å². The van der Waals surface area contributed by atoms with Crippen molar-refractivity contribution in [3.05, 3.63) is 59.4 Å². The van der Waals surface area contributed by atoms with Crippen LogP contribution in [0.15, 0.2) is 42.7 Å². The Balaban J connectivity index is 2.27. The summed E-state index contributed by atoms with van der Waals surface area (Å²) in [5.41, 5.74) is 10.5. The quantitative estimate of drug-likeness (QED) is 0.782. The molecular formula is C17H15N3O. The van der Waals surface area contributed by atoms with Crippen molar-refractivity contribution in [3.63, 3.8) is 0 Å². The number of nitrogens with zero attached hydrogens (tertiary/aromatic N) is 2. The van der Waals surface area contributed by atoms with Crippen molar-refractivity contribution in [3.8, 4) is 11.3 Å². The first-order valence-corrected chi connectivity index (χ1v) is 6.69. The lowest BCUT2D eigenvalue weighted by atomic mass is 9.94. The summed E-state index contributed by atoms with van der Waals surface area (Å²) >= 11 is 0. The van der Waals surface area contributed by atoms with Crippen LogP contribution in [0.5, 0.6) is 0 Å². The molecule has 21 heavy (non-hydrogen) atoms. The summed E-state index contributed by atoms with van der Waals surface area (Å²) in [4.78, 5) is 20.4. The Morgan fingerprint density at radius 3 is 2.71 bits per heavy atom. The zero-order valence-corrected chi connectivity index (χ0v) is 11.9. The van der Waals surface area contributed by atoms with Crippen LogP contribution in [0.1, 0.15) is 21.5 Å². The molecule has 0 radical (unpaired) electrons. The smallest absolute Gasteiger partial charge is 0.248 e. The third-order valence-electron chi connectivity index (χ3n) is 3.68. The number of aromatic nitrogens is 2. The minimum atomic E-state index is -0.423. The van der Waals surface area contributed by atoms with Crippen molar-refractivity contribution in [2.75, 3.05) is 0 Å². The highest BCUT2D eigenvalue weighted by Crippen LogP contribution is 2.29. The van der Waals surface area contributed by atoms with Gasteiger partial charge in [-0.05, 0) is 49.2 Å². The van der Waals surface area contributed by atoms with E-state index in [2.05, 4.69) is 9.97 Å². The van der Waals surface area contributed by atoms with E-state index in [0.717, 1.165) is 33.3 Å². The van der Waals surface area contributed by atoms with Crippen LogP contribution in [-0.4, -0.2) is 15.9 Å². The Bertz CT molecular complexity index is 856. The number of carbonyl (C=O) groups excluding carboxylic acids is 1. The standard InChI is InChI=1S/C17H15N3O/c1-10-5-6-13(17(18)21)11(2)16(10)15-8-14-12(9-20-15)4-3-7-19-14/h3-9H,1-2H3,(H2,18,21). The lowest BCUT2D eigenvalue weighted by molar-refractivity contribution is 0.1000. The molecule has 2 heterocycles. The van der Waals surface area contributed by atoms with Gasteiger partial charge in [0.2, 0.25) is 5.91 Å². The number of fused-ring (bicyclic) bond motifs is 1. The van der Waals surface area contributed by atoms with Gasteiger partial charge in [-0.1, -0.05) is 6.07 Å². The fourth-order valence-corrected chi connectivity index (χ4v) is 2.61. The summed E-state index contributed by atoms with van der Waals surface area (Å²) in [6.07, 6.45) is 3.55. The number of pyridine rings is 2. The molecule has 1 aromatic carbocycles. The van der Waals surface area contributed by atoms with E-state index in [9.17, 15) is 4.79 Å². The van der Waals surface area contributed by atoms with Crippen LogP contribution in [0.3, 0.4) is 0 Å². The number of primary amides is 1. The molecule has 0 aliphatic heterocycles. The summed E-state index contributed by atoms with van der Waals surface area (Å²) in [5, 5.41) is 0.989. The molecule has 1 amide bonds. The van der Waals surface area contributed by atoms with Crippen LogP contribution >= 0.6 is 0 Å². The molecule has 0 aliphatic rings. The Hall–Kier alpha value is -2.75. The number of hydrogen-bond donors (Lipinski definition) is 1. The summed E-state index contributed by atoms with van der Waals surface area (Å²) < 4.78 is 0. The van der Waals surface area contributed by atoms with Gasteiger partial charge in [0.15, 0.2) is 0 Å². The van der Waals surface area contributed by atoms with E-state index in [1.165, 1.54) is 0 Å². The van der Waals surface area contributed by atoms with Crippen molar-refractivity contribution in [1.82, 2.24) is 9.97 Å². The Morgan fingerprint density at radius 1 is 1.14 bits per heavy atom. The first kappa shape index (κ1) is 13.2. The lowest BCUT2D eigenvalue weighted by Crippen LogP contribution is -2.13. The van der Waals surface area contributed by atoms with Gasteiger partial charge < -0.3 is 5.73 Å². The highest BCUT2D eigenvalue weighted by atomic mass is 16.1. The van der Waals surface area contributed by atoms with Gasteiger partial charge in [-0.15, -0.1) is 0 Å². The fourth-order valence-electron chi connectivity index (χ4n) is 2.61. The lowest BCUT2D eigenvalue weighted by Gasteiger charge is -2.12. The summed E-state index contributed by atoms with van der Waals surface area (Å²) in [7, 11) is 0. The largest absolute Gasteiger partial charge is 0.366 e. The molecule has 0 aliphatic carbocycles. The molecule has 0 spiro atoms. The van der Waals surface area contributed by atoms with Gasteiger partial charge in [-0.25, -0.2) is 0 Å². The van der Waals surface area contributed by atoms with E-state index in [1.54, 1.807) is 18.5 Å². The van der Waals surface area contributed by atoms with Crippen molar-refractivity contribution in [1.29, 1.82) is 0 Å². The average Bonchev–Trinajstić information content (AvgIpc) is 2.47. The summed E-state index contributed by atoms with van der Waals surface area (Å²) in [5.74, 6) is -0.423. The molecule has 3 rings (SSSR count). The molecule has 0 bridgehead atoms. The maximum absolute atomic E-state index is 11.5. The number of rotatable bonds is 2. The maximum Gasteiger partial charge on any atom is 0.248 e. The minimum Gasteiger partial charge on any atom is -0.366 e. The molecule has 3 aromatic rings. The first-order chi connectivity index (χ1) is 10.1.